The van der Waals surface area contributed by atoms with Gasteiger partial charge in [0.15, 0.2) is 0 Å². The maximum absolute atomic E-state index is 12.9. The molecule has 4 rings (SSSR count). The molecular weight excluding hydrogens is 400 g/mol. The molecule has 0 spiro atoms. The lowest BCUT2D eigenvalue weighted by Gasteiger charge is -2.22. The number of para-hydroxylation sites is 1. The maximum atomic E-state index is 12.9. The number of anilines is 1. The monoisotopic (exact) mass is 422 g/mol. The number of aromatic amines is 1. The van der Waals surface area contributed by atoms with Crippen LogP contribution in [0.1, 0.15) is 23.2 Å². The quantitative estimate of drug-likeness (QED) is 0.512. The number of hydrogen-bond donors (Lipinski definition) is 2. The molecule has 0 bridgehead atoms. The molecule has 1 aromatic carbocycles. The van der Waals surface area contributed by atoms with Crippen LogP contribution in [0.15, 0.2) is 35.4 Å². The van der Waals surface area contributed by atoms with Crippen molar-refractivity contribution in [3.63, 3.8) is 0 Å². The van der Waals surface area contributed by atoms with E-state index in [2.05, 4.69) is 25.3 Å². The molecular formula is C21H22N6O2S. The van der Waals surface area contributed by atoms with Crippen molar-refractivity contribution in [2.45, 2.75) is 33.4 Å². The van der Waals surface area contributed by atoms with Gasteiger partial charge >= 0.3 is 0 Å². The van der Waals surface area contributed by atoms with Crippen molar-refractivity contribution in [1.29, 1.82) is 0 Å². The van der Waals surface area contributed by atoms with Crippen molar-refractivity contribution in [1.82, 2.24) is 24.8 Å². The summed E-state index contributed by atoms with van der Waals surface area (Å²) in [5.74, 6) is 0.950. The number of aromatic nitrogens is 4. The van der Waals surface area contributed by atoms with Crippen LogP contribution in [0.4, 0.5) is 5.82 Å². The standard InChI is InChI=1S/C21H22N6O2S/c1-11-13(3)30-20-17(11)18(22-10-23-20)24-12(2)21(29)27(4)9-16-25-15-8-6-5-7-14(15)19(28)26-16/h5-8,10,12H,9H2,1-4H3,(H,22,23,24)(H,25,26,28)/t12-/m1/s1. The van der Waals surface area contributed by atoms with E-state index in [1.807, 2.05) is 19.9 Å². The Morgan fingerprint density at radius 2 is 2.03 bits per heavy atom. The summed E-state index contributed by atoms with van der Waals surface area (Å²) in [7, 11) is 1.69. The topological polar surface area (TPSA) is 104 Å². The molecule has 0 aliphatic heterocycles. The zero-order valence-corrected chi connectivity index (χ0v) is 18.0. The second-order valence-corrected chi connectivity index (χ2v) is 8.48. The Morgan fingerprint density at radius 1 is 1.27 bits per heavy atom. The average molecular weight is 423 g/mol. The minimum Gasteiger partial charge on any atom is -0.358 e. The molecule has 9 heteroatoms. The first-order valence-electron chi connectivity index (χ1n) is 9.55. The van der Waals surface area contributed by atoms with Crippen LogP contribution in [0.3, 0.4) is 0 Å². The molecule has 0 saturated carbocycles. The highest BCUT2D eigenvalue weighted by Crippen LogP contribution is 2.32. The SMILES string of the molecule is Cc1sc2ncnc(N[C@H](C)C(=O)N(C)Cc3nc4ccccc4c(=O)[nH]3)c2c1C. The van der Waals surface area contributed by atoms with Gasteiger partial charge in [-0.25, -0.2) is 15.0 Å². The van der Waals surface area contributed by atoms with Crippen LogP contribution in [0.5, 0.6) is 0 Å². The largest absolute Gasteiger partial charge is 0.358 e. The van der Waals surface area contributed by atoms with Gasteiger partial charge in [-0.3, -0.25) is 9.59 Å². The van der Waals surface area contributed by atoms with Gasteiger partial charge in [0, 0.05) is 11.9 Å². The average Bonchev–Trinajstić information content (AvgIpc) is 3.02. The number of likely N-dealkylation sites (N-methyl/N-ethyl adjacent to an activating group) is 1. The molecule has 1 amide bonds. The maximum Gasteiger partial charge on any atom is 0.258 e. The number of nitrogens with zero attached hydrogens (tertiary/aromatic N) is 4. The van der Waals surface area contributed by atoms with Crippen molar-refractivity contribution in [2.75, 3.05) is 12.4 Å². The van der Waals surface area contributed by atoms with E-state index in [9.17, 15) is 9.59 Å². The van der Waals surface area contributed by atoms with E-state index < -0.39 is 6.04 Å². The first-order chi connectivity index (χ1) is 14.3. The third kappa shape index (κ3) is 3.63. The van der Waals surface area contributed by atoms with Crippen LogP contribution in [-0.2, 0) is 11.3 Å². The van der Waals surface area contributed by atoms with Crippen LogP contribution in [0.2, 0.25) is 0 Å². The van der Waals surface area contributed by atoms with Gasteiger partial charge in [0.25, 0.3) is 5.56 Å². The van der Waals surface area contributed by atoms with E-state index in [-0.39, 0.29) is 18.0 Å². The molecule has 0 fully saturated rings. The molecule has 0 aliphatic rings. The molecule has 0 aliphatic carbocycles. The van der Waals surface area contributed by atoms with E-state index in [4.69, 9.17) is 0 Å². The van der Waals surface area contributed by atoms with E-state index in [0.29, 0.717) is 22.5 Å². The molecule has 0 saturated heterocycles. The summed E-state index contributed by atoms with van der Waals surface area (Å²) in [5, 5.41) is 4.69. The van der Waals surface area contributed by atoms with Crippen molar-refractivity contribution in [2.24, 2.45) is 0 Å². The van der Waals surface area contributed by atoms with Crippen molar-refractivity contribution in [3.8, 4) is 0 Å². The van der Waals surface area contributed by atoms with Gasteiger partial charge in [0.05, 0.1) is 22.8 Å². The third-order valence-corrected chi connectivity index (χ3v) is 6.23. The van der Waals surface area contributed by atoms with Gasteiger partial charge in [-0.2, -0.15) is 0 Å². The summed E-state index contributed by atoms with van der Waals surface area (Å²) >= 11 is 1.61. The Hall–Kier alpha value is -3.33. The summed E-state index contributed by atoms with van der Waals surface area (Å²) < 4.78 is 0. The van der Waals surface area contributed by atoms with Crippen LogP contribution in [0, 0.1) is 13.8 Å². The summed E-state index contributed by atoms with van der Waals surface area (Å²) in [4.78, 5) is 44.7. The number of H-pyrrole nitrogens is 1. The predicted octanol–water partition coefficient (Wildman–Crippen LogP) is 3.00. The van der Waals surface area contributed by atoms with E-state index >= 15 is 0 Å². The number of aryl methyl sites for hydroxylation is 2. The molecule has 1 atom stereocenters. The molecule has 0 unspecified atom stereocenters. The van der Waals surface area contributed by atoms with Crippen LogP contribution < -0.4 is 10.9 Å². The third-order valence-electron chi connectivity index (χ3n) is 5.11. The smallest absolute Gasteiger partial charge is 0.258 e. The first-order valence-corrected chi connectivity index (χ1v) is 10.4. The highest BCUT2D eigenvalue weighted by atomic mass is 32.1. The highest BCUT2D eigenvalue weighted by molar-refractivity contribution is 7.18. The minimum atomic E-state index is -0.514. The number of thiophene rings is 1. The molecule has 0 radical (unpaired) electrons. The number of rotatable bonds is 5. The zero-order valence-electron chi connectivity index (χ0n) is 17.2. The molecule has 4 aromatic rings. The number of carbonyl (C=O) groups excluding carboxylic acids is 1. The predicted molar refractivity (Wildman–Crippen MR) is 119 cm³/mol. The number of carbonyl (C=O) groups is 1. The lowest BCUT2D eigenvalue weighted by atomic mass is 10.2. The van der Waals surface area contributed by atoms with E-state index in [0.717, 1.165) is 15.8 Å². The molecule has 154 valence electrons. The van der Waals surface area contributed by atoms with Gasteiger partial charge in [-0.15, -0.1) is 11.3 Å². The normalized spacial score (nSPS) is 12.3. The van der Waals surface area contributed by atoms with Crippen LogP contribution in [0.25, 0.3) is 21.1 Å². The van der Waals surface area contributed by atoms with Crippen molar-refractivity contribution >= 4 is 44.2 Å². The molecule has 3 aromatic heterocycles. The molecule has 8 nitrogen and oxygen atoms in total. The van der Waals surface area contributed by atoms with Crippen molar-refractivity contribution in [3.05, 3.63) is 57.2 Å². The Kier molecular flexibility index (Phi) is 5.21. The van der Waals surface area contributed by atoms with Gasteiger partial charge in [0.1, 0.15) is 28.8 Å². The zero-order chi connectivity index (χ0) is 21.4. The van der Waals surface area contributed by atoms with Gasteiger partial charge in [-0.05, 0) is 38.5 Å². The fraction of sp³-hybridized carbons (Fsp3) is 0.286. The van der Waals surface area contributed by atoms with E-state index in [1.54, 1.807) is 43.5 Å². The number of amides is 1. The van der Waals surface area contributed by atoms with E-state index in [1.165, 1.54) is 16.1 Å². The summed E-state index contributed by atoms with van der Waals surface area (Å²) in [6.45, 7) is 6.06. The Morgan fingerprint density at radius 3 is 2.83 bits per heavy atom. The lowest BCUT2D eigenvalue weighted by molar-refractivity contribution is -0.131. The Bertz CT molecular complexity index is 1310. The second-order valence-electron chi connectivity index (χ2n) is 7.28. The summed E-state index contributed by atoms with van der Waals surface area (Å²) in [6.07, 6.45) is 1.50. The molecule has 30 heavy (non-hydrogen) atoms. The van der Waals surface area contributed by atoms with Crippen molar-refractivity contribution < 1.29 is 4.79 Å². The minimum absolute atomic E-state index is 0.137. The Labute approximate surface area is 177 Å². The second kappa shape index (κ2) is 7.83. The first kappa shape index (κ1) is 20.0. The fourth-order valence-corrected chi connectivity index (χ4v) is 4.40. The number of benzene rings is 1. The van der Waals surface area contributed by atoms with Gasteiger partial charge in [0.2, 0.25) is 5.91 Å². The summed E-state index contributed by atoms with van der Waals surface area (Å²) in [5.41, 5.74) is 1.51. The van der Waals surface area contributed by atoms with Gasteiger partial charge in [-0.1, -0.05) is 12.1 Å². The lowest BCUT2D eigenvalue weighted by Crippen LogP contribution is -2.39. The number of fused-ring (bicyclic) bond motifs is 2. The fourth-order valence-electron chi connectivity index (χ4n) is 3.40. The molecule has 2 N–H and O–H groups in total. The Balaban J connectivity index is 1.53. The van der Waals surface area contributed by atoms with Crippen LogP contribution >= 0.6 is 11.3 Å². The highest BCUT2D eigenvalue weighted by Gasteiger charge is 2.21. The number of nitrogens with one attached hydrogen (secondary N) is 2. The molecule has 3 heterocycles. The van der Waals surface area contributed by atoms with Gasteiger partial charge < -0.3 is 15.2 Å². The summed E-state index contributed by atoms with van der Waals surface area (Å²) in [6, 6.07) is 6.62. The van der Waals surface area contributed by atoms with Crippen LogP contribution in [-0.4, -0.2) is 43.8 Å². The number of hydrogen-bond acceptors (Lipinski definition) is 7.